The minimum Gasteiger partial charge on any atom is -0.319 e. The van der Waals surface area contributed by atoms with Crippen molar-refractivity contribution < 1.29 is 0 Å². The number of nitrogens with one attached hydrogen (secondary N) is 1. The van der Waals surface area contributed by atoms with Crippen LogP contribution in [-0.4, -0.2) is 63.7 Å². The van der Waals surface area contributed by atoms with E-state index in [0.717, 1.165) is 5.92 Å². The first-order valence-corrected chi connectivity index (χ1v) is 8.15. The Kier molecular flexibility index (Phi) is 5.67. The molecule has 2 aliphatic rings. The number of rotatable bonds is 6. The molecule has 1 saturated carbocycles. The highest BCUT2D eigenvalue weighted by Crippen LogP contribution is 2.38. The van der Waals surface area contributed by atoms with Crippen LogP contribution in [0.4, 0.5) is 0 Å². The lowest BCUT2D eigenvalue weighted by Gasteiger charge is -2.37. The molecule has 1 aliphatic heterocycles. The first-order chi connectivity index (χ1) is 9.13. The normalized spacial score (nSPS) is 25.3. The van der Waals surface area contributed by atoms with Gasteiger partial charge in [0.1, 0.15) is 0 Å². The molecule has 112 valence electrons. The van der Waals surface area contributed by atoms with Crippen molar-refractivity contribution in [2.45, 2.75) is 38.5 Å². The molecule has 0 aromatic carbocycles. The Morgan fingerprint density at radius 1 is 1.21 bits per heavy atom. The first-order valence-electron chi connectivity index (χ1n) is 8.15. The second kappa shape index (κ2) is 7.05. The summed E-state index contributed by atoms with van der Waals surface area (Å²) in [6.45, 7) is 6.38. The van der Waals surface area contributed by atoms with Gasteiger partial charge in [-0.25, -0.2) is 0 Å². The lowest BCUT2D eigenvalue weighted by atomic mass is 9.85. The summed E-state index contributed by atoms with van der Waals surface area (Å²) in [5, 5.41) is 3.43. The monoisotopic (exact) mass is 267 g/mol. The summed E-state index contributed by atoms with van der Waals surface area (Å²) in [5.74, 6) is 0.925. The fraction of sp³-hybridized carbons (Fsp3) is 1.00. The molecule has 0 unspecified atom stereocenters. The van der Waals surface area contributed by atoms with Crippen LogP contribution < -0.4 is 5.32 Å². The lowest BCUT2D eigenvalue weighted by Crippen LogP contribution is -2.43. The highest BCUT2D eigenvalue weighted by Gasteiger charge is 2.34. The van der Waals surface area contributed by atoms with Gasteiger partial charge in [-0.15, -0.1) is 0 Å². The second-order valence-corrected chi connectivity index (χ2v) is 7.18. The Morgan fingerprint density at radius 2 is 1.84 bits per heavy atom. The molecule has 0 aromatic heterocycles. The van der Waals surface area contributed by atoms with Crippen LogP contribution in [0, 0.1) is 11.3 Å². The Morgan fingerprint density at radius 3 is 2.42 bits per heavy atom. The summed E-state index contributed by atoms with van der Waals surface area (Å²) in [5.41, 5.74) is 0.564. The number of likely N-dealkylation sites (tertiary alicyclic amines) is 1. The van der Waals surface area contributed by atoms with Crippen molar-refractivity contribution in [3.05, 3.63) is 0 Å². The second-order valence-electron chi connectivity index (χ2n) is 7.18. The van der Waals surface area contributed by atoms with Crippen molar-refractivity contribution in [2.75, 3.05) is 53.9 Å². The summed E-state index contributed by atoms with van der Waals surface area (Å²) in [6, 6.07) is 0. The van der Waals surface area contributed by atoms with Gasteiger partial charge in [-0.1, -0.05) is 12.8 Å². The quantitative estimate of drug-likeness (QED) is 0.794. The summed E-state index contributed by atoms with van der Waals surface area (Å²) >= 11 is 0. The van der Waals surface area contributed by atoms with Crippen molar-refractivity contribution in [1.29, 1.82) is 0 Å². The van der Waals surface area contributed by atoms with Gasteiger partial charge < -0.3 is 15.1 Å². The van der Waals surface area contributed by atoms with Gasteiger partial charge in [0.15, 0.2) is 0 Å². The third-order valence-corrected chi connectivity index (χ3v) is 5.23. The molecule has 3 heteroatoms. The van der Waals surface area contributed by atoms with E-state index in [1.165, 1.54) is 71.2 Å². The van der Waals surface area contributed by atoms with E-state index in [0.29, 0.717) is 5.41 Å². The highest BCUT2D eigenvalue weighted by atomic mass is 15.1. The molecule has 0 bridgehead atoms. The molecule has 1 N–H and O–H groups in total. The molecule has 0 amide bonds. The molecule has 0 aromatic rings. The molecule has 2 rings (SSSR count). The van der Waals surface area contributed by atoms with E-state index in [1.54, 1.807) is 0 Å². The molecule has 0 radical (unpaired) electrons. The Bertz CT molecular complexity index is 253. The molecule has 19 heavy (non-hydrogen) atoms. The average Bonchev–Trinajstić information content (AvgIpc) is 2.81. The van der Waals surface area contributed by atoms with Crippen LogP contribution in [0.25, 0.3) is 0 Å². The molecule has 2 fully saturated rings. The van der Waals surface area contributed by atoms with E-state index in [1.807, 2.05) is 0 Å². The van der Waals surface area contributed by atoms with Gasteiger partial charge in [-0.05, 0) is 71.2 Å². The molecule has 0 atom stereocenters. The zero-order valence-electron chi connectivity index (χ0n) is 13.2. The molecule has 0 spiro atoms. The van der Waals surface area contributed by atoms with Gasteiger partial charge in [0.25, 0.3) is 0 Å². The zero-order valence-corrected chi connectivity index (χ0v) is 13.2. The van der Waals surface area contributed by atoms with Crippen molar-refractivity contribution in [3.8, 4) is 0 Å². The van der Waals surface area contributed by atoms with Crippen molar-refractivity contribution in [3.63, 3.8) is 0 Å². The van der Waals surface area contributed by atoms with Gasteiger partial charge in [0.2, 0.25) is 0 Å². The van der Waals surface area contributed by atoms with Crippen LogP contribution in [0.5, 0.6) is 0 Å². The number of piperidine rings is 1. The van der Waals surface area contributed by atoms with Crippen molar-refractivity contribution >= 4 is 0 Å². The van der Waals surface area contributed by atoms with E-state index in [-0.39, 0.29) is 0 Å². The minimum absolute atomic E-state index is 0.564. The third-order valence-electron chi connectivity index (χ3n) is 5.23. The van der Waals surface area contributed by atoms with Crippen LogP contribution in [-0.2, 0) is 0 Å². The smallest absolute Gasteiger partial charge is 0.00472 e. The fourth-order valence-corrected chi connectivity index (χ4v) is 4.21. The Hall–Kier alpha value is -0.120. The maximum Gasteiger partial charge on any atom is 0.00472 e. The van der Waals surface area contributed by atoms with Crippen LogP contribution in [0.1, 0.15) is 38.5 Å². The van der Waals surface area contributed by atoms with Gasteiger partial charge in [-0.2, -0.15) is 0 Å². The number of hydrogen-bond acceptors (Lipinski definition) is 3. The topological polar surface area (TPSA) is 18.5 Å². The van der Waals surface area contributed by atoms with Crippen molar-refractivity contribution in [1.82, 2.24) is 15.1 Å². The van der Waals surface area contributed by atoms with E-state index in [4.69, 9.17) is 0 Å². The summed E-state index contributed by atoms with van der Waals surface area (Å²) in [6.07, 6.45) is 8.49. The van der Waals surface area contributed by atoms with Gasteiger partial charge in [0.05, 0.1) is 0 Å². The summed E-state index contributed by atoms with van der Waals surface area (Å²) < 4.78 is 0. The largest absolute Gasteiger partial charge is 0.319 e. The van der Waals surface area contributed by atoms with E-state index >= 15 is 0 Å². The molecule has 3 nitrogen and oxygen atoms in total. The highest BCUT2D eigenvalue weighted by molar-refractivity contribution is 4.89. The standard InChI is InChI=1S/C16H33N3/c1-17-13-16(8-4-5-9-16)14-19(3)12-15-6-10-18(2)11-7-15/h15,17H,4-14H2,1-3H3. The Balaban J connectivity index is 1.77. The average molecular weight is 267 g/mol. The first kappa shape index (κ1) is 15.3. The van der Waals surface area contributed by atoms with Crippen LogP contribution >= 0.6 is 0 Å². The number of nitrogens with zero attached hydrogens (tertiary/aromatic N) is 2. The molecule has 1 heterocycles. The predicted octanol–water partition coefficient (Wildman–Crippen LogP) is 2.04. The van der Waals surface area contributed by atoms with E-state index in [9.17, 15) is 0 Å². The predicted molar refractivity (Wildman–Crippen MR) is 82.5 cm³/mol. The van der Waals surface area contributed by atoms with Crippen LogP contribution in [0.2, 0.25) is 0 Å². The molecular formula is C16H33N3. The van der Waals surface area contributed by atoms with Crippen LogP contribution in [0.15, 0.2) is 0 Å². The van der Waals surface area contributed by atoms with Gasteiger partial charge in [-0.3, -0.25) is 0 Å². The summed E-state index contributed by atoms with van der Waals surface area (Å²) in [4.78, 5) is 5.09. The maximum atomic E-state index is 3.43. The van der Waals surface area contributed by atoms with E-state index in [2.05, 4.69) is 36.3 Å². The van der Waals surface area contributed by atoms with Gasteiger partial charge in [0, 0.05) is 19.6 Å². The Labute approximate surface area is 119 Å². The maximum absolute atomic E-state index is 3.43. The number of hydrogen-bond donors (Lipinski definition) is 1. The summed E-state index contributed by atoms with van der Waals surface area (Å²) in [7, 11) is 6.70. The van der Waals surface area contributed by atoms with Gasteiger partial charge >= 0.3 is 0 Å². The minimum atomic E-state index is 0.564. The molecular weight excluding hydrogens is 234 g/mol. The van der Waals surface area contributed by atoms with E-state index < -0.39 is 0 Å². The SMILES string of the molecule is CNCC1(CN(C)CC2CCN(C)CC2)CCCC1. The van der Waals surface area contributed by atoms with Crippen molar-refractivity contribution in [2.24, 2.45) is 11.3 Å². The lowest BCUT2D eigenvalue weighted by molar-refractivity contribution is 0.131. The zero-order chi connectivity index (χ0) is 13.7. The third kappa shape index (κ3) is 4.44. The fourth-order valence-electron chi connectivity index (χ4n) is 4.21. The molecule has 1 saturated heterocycles. The van der Waals surface area contributed by atoms with Crippen LogP contribution in [0.3, 0.4) is 0 Å². The molecule has 1 aliphatic carbocycles.